The first-order chi connectivity index (χ1) is 11.2. The number of nitrogens with one attached hydrogen (secondary N) is 1. The van der Waals surface area contributed by atoms with Gasteiger partial charge in [-0.2, -0.15) is 0 Å². The molecule has 0 unspecified atom stereocenters. The Morgan fingerprint density at radius 2 is 1.96 bits per heavy atom. The summed E-state index contributed by atoms with van der Waals surface area (Å²) in [7, 11) is 0. The van der Waals surface area contributed by atoms with E-state index < -0.39 is 0 Å². The van der Waals surface area contributed by atoms with E-state index in [0.717, 1.165) is 23.4 Å². The van der Waals surface area contributed by atoms with Crippen molar-refractivity contribution < 1.29 is 28.5 Å². The van der Waals surface area contributed by atoms with Gasteiger partial charge in [-0.3, -0.25) is 0 Å². The van der Waals surface area contributed by atoms with E-state index in [2.05, 4.69) is 78.0 Å². The quantitative estimate of drug-likeness (QED) is 0.480. The predicted octanol–water partition coefficient (Wildman–Crippen LogP) is 1.44. The third-order valence-corrected chi connectivity index (χ3v) is 4.20. The molecule has 0 bridgehead atoms. The van der Waals surface area contributed by atoms with Gasteiger partial charge in [0.25, 0.3) is 0 Å². The van der Waals surface area contributed by atoms with Crippen LogP contribution in [0.25, 0.3) is 23.2 Å². The van der Waals surface area contributed by atoms with Crippen molar-refractivity contribution in [3.05, 3.63) is 59.2 Å². The van der Waals surface area contributed by atoms with Crippen molar-refractivity contribution in [1.29, 1.82) is 0 Å². The topological polar surface area (TPSA) is 32.6 Å². The second-order valence-corrected chi connectivity index (χ2v) is 6.14. The van der Waals surface area contributed by atoms with Crippen LogP contribution in [0.2, 0.25) is 0 Å². The highest BCUT2D eigenvalue weighted by Gasteiger charge is 2.04. The van der Waals surface area contributed by atoms with E-state index >= 15 is 0 Å². The molecule has 3 nitrogen and oxygen atoms in total. The van der Waals surface area contributed by atoms with Gasteiger partial charge >= 0.3 is 0 Å². The highest BCUT2D eigenvalue weighted by Crippen LogP contribution is 2.18. The highest BCUT2D eigenvalue weighted by atomic mass is 127. The lowest BCUT2D eigenvalue weighted by atomic mass is 10.1. The SMILES string of the molecule is CCCC[n+]1cccc(/C=C/c2nc3cc(C)c(C)cc3[nH]2)c1.[I-]. The minimum absolute atomic E-state index is 0. The molecule has 4 heteroatoms. The van der Waals surface area contributed by atoms with Gasteiger partial charge in [-0.15, -0.1) is 0 Å². The number of unbranched alkanes of at least 4 members (excludes halogenated alkanes) is 1. The largest absolute Gasteiger partial charge is 1.00 e. The zero-order valence-electron chi connectivity index (χ0n) is 14.5. The molecule has 0 radical (unpaired) electrons. The fourth-order valence-electron chi connectivity index (χ4n) is 2.66. The molecule has 3 aromatic rings. The Balaban J connectivity index is 0.00000208. The fraction of sp³-hybridized carbons (Fsp3) is 0.300. The standard InChI is InChI=1S/C20H24N3.HI/c1-4-5-10-23-11-6-7-17(14-23)8-9-20-21-18-12-15(2)16(3)13-19(18)22-20;/h6-9,11-14H,4-5,10H2,1-3H3,(H,21,22);1H/q+1;/p-1/b9-8+;. The van der Waals surface area contributed by atoms with Gasteiger partial charge in [0.2, 0.25) is 0 Å². The maximum Gasteiger partial charge on any atom is 0.176 e. The van der Waals surface area contributed by atoms with Gasteiger partial charge in [-0.05, 0) is 55.3 Å². The Hall–Kier alpha value is -1.69. The van der Waals surface area contributed by atoms with Crippen molar-refractivity contribution in [2.24, 2.45) is 0 Å². The zero-order valence-corrected chi connectivity index (χ0v) is 16.7. The minimum Gasteiger partial charge on any atom is -1.00 e. The maximum absolute atomic E-state index is 4.65. The van der Waals surface area contributed by atoms with Crippen LogP contribution in [0.3, 0.4) is 0 Å². The van der Waals surface area contributed by atoms with Crippen LogP contribution >= 0.6 is 0 Å². The molecule has 0 aliphatic heterocycles. The lowest BCUT2D eigenvalue weighted by Crippen LogP contribution is -3.00. The number of fused-ring (bicyclic) bond motifs is 1. The summed E-state index contributed by atoms with van der Waals surface area (Å²) in [5.74, 6) is 0.897. The summed E-state index contributed by atoms with van der Waals surface area (Å²) in [5, 5.41) is 0. The highest BCUT2D eigenvalue weighted by molar-refractivity contribution is 5.80. The average Bonchev–Trinajstić information content (AvgIpc) is 2.93. The summed E-state index contributed by atoms with van der Waals surface area (Å²) in [6.07, 6.45) is 10.9. The Labute approximate surface area is 160 Å². The molecule has 2 aromatic heterocycles. The summed E-state index contributed by atoms with van der Waals surface area (Å²) in [6, 6.07) is 8.52. The van der Waals surface area contributed by atoms with Crippen LogP contribution in [-0.2, 0) is 6.54 Å². The monoisotopic (exact) mass is 433 g/mol. The molecule has 2 heterocycles. The molecule has 0 amide bonds. The molecule has 0 aliphatic carbocycles. The van der Waals surface area contributed by atoms with Crippen LogP contribution in [0, 0.1) is 13.8 Å². The molecule has 3 rings (SSSR count). The lowest BCUT2D eigenvalue weighted by molar-refractivity contribution is -0.697. The number of aryl methyl sites for hydroxylation is 3. The molecule has 0 saturated carbocycles. The van der Waals surface area contributed by atoms with Crippen molar-refractivity contribution in [2.75, 3.05) is 0 Å². The molecular weight excluding hydrogens is 409 g/mol. The number of nitrogens with zero attached hydrogens (tertiary/aromatic N) is 2. The number of hydrogen-bond acceptors (Lipinski definition) is 1. The summed E-state index contributed by atoms with van der Waals surface area (Å²) in [4.78, 5) is 8.03. The molecule has 0 saturated heterocycles. The zero-order chi connectivity index (χ0) is 16.2. The van der Waals surface area contributed by atoms with E-state index in [0.29, 0.717) is 0 Å². The lowest BCUT2D eigenvalue weighted by Gasteiger charge is -1.97. The van der Waals surface area contributed by atoms with E-state index in [9.17, 15) is 0 Å². The van der Waals surface area contributed by atoms with Gasteiger partial charge in [0.15, 0.2) is 12.4 Å². The number of benzene rings is 1. The van der Waals surface area contributed by atoms with Crippen LogP contribution in [0.15, 0.2) is 36.7 Å². The first-order valence-electron chi connectivity index (χ1n) is 8.30. The Morgan fingerprint density at radius 1 is 1.17 bits per heavy atom. The second-order valence-electron chi connectivity index (χ2n) is 6.14. The van der Waals surface area contributed by atoms with Gasteiger partial charge in [0.05, 0.1) is 11.0 Å². The van der Waals surface area contributed by atoms with Gasteiger partial charge < -0.3 is 29.0 Å². The van der Waals surface area contributed by atoms with Crippen LogP contribution < -0.4 is 28.5 Å². The molecule has 0 spiro atoms. The predicted molar refractivity (Wildman–Crippen MR) is 96.0 cm³/mol. The molecular formula is C20H24IN3. The normalized spacial score (nSPS) is 11.1. The number of aromatic nitrogens is 3. The molecule has 0 atom stereocenters. The van der Waals surface area contributed by atoms with Crippen molar-refractivity contribution in [2.45, 2.75) is 40.2 Å². The fourth-order valence-corrected chi connectivity index (χ4v) is 2.66. The van der Waals surface area contributed by atoms with E-state index in [4.69, 9.17) is 0 Å². The molecule has 1 aromatic carbocycles. The smallest absolute Gasteiger partial charge is 0.176 e. The minimum atomic E-state index is 0. The first-order valence-corrected chi connectivity index (χ1v) is 8.30. The van der Waals surface area contributed by atoms with E-state index in [-0.39, 0.29) is 24.0 Å². The third kappa shape index (κ3) is 4.44. The van der Waals surface area contributed by atoms with Crippen LogP contribution in [0.1, 0.15) is 42.3 Å². The van der Waals surface area contributed by atoms with Gasteiger partial charge in [0, 0.05) is 18.1 Å². The number of aromatic amines is 1. The van der Waals surface area contributed by atoms with Crippen LogP contribution in [-0.4, -0.2) is 9.97 Å². The van der Waals surface area contributed by atoms with Gasteiger partial charge in [0.1, 0.15) is 12.4 Å². The van der Waals surface area contributed by atoms with Crippen molar-refractivity contribution >= 4 is 23.2 Å². The molecule has 126 valence electrons. The van der Waals surface area contributed by atoms with E-state index in [1.807, 2.05) is 6.08 Å². The van der Waals surface area contributed by atoms with Crippen molar-refractivity contribution in [3.63, 3.8) is 0 Å². The van der Waals surface area contributed by atoms with Gasteiger partial charge in [-0.25, -0.2) is 9.55 Å². The first kappa shape index (κ1) is 18.6. The number of imidazole rings is 1. The Bertz CT molecular complexity index is 810. The van der Waals surface area contributed by atoms with Crippen LogP contribution in [0.5, 0.6) is 0 Å². The Kier molecular flexibility index (Phi) is 6.54. The van der Waals surface area contributed by atoms with E-state index in [1.54, 1.807) is 0 Å². The number of hydrogen-bond donors (Lipinski definition) is 1. The summed E-state index contributed by atoms with van der Waals surface area (Å²) in [6.45, 7) is 7.54. The van der Waals surface area contributed by atoms with Crippen molar-refractivity contribution in [3.8, 4) is 0 Å². The Morgan fingerprint density at radius 3 is 2.75 bits per heavy atom. The van der Waals surface area contributed by atoms with Gasteiger partial charge in [-0.1, -0.05) is 13.3 Å². The maximum atomic E-state index is 4.65. The number of H-pyrrole nitrogens is 1. The summed E-state index contributed by atoms with van der Waals surface area (Å²) < 4.78 is 2.24. The van der Waals surface area contributed by atoms with Crippen molar-refractivity contribution in [1.82, 2.24) is 9.97 Å². The second kappa shape index (κ2) is 8.42. The molecule has 0 aliphatic rings. The average molecular weight is 433 g/mol. The number of rotatable bonds is 5. The summed E-state index contributed by atoms with van der Waals surface area (Å²) in [5.41, 5.74) is 5.88. The number of halogens is 1. The third-order valence-electron chi connectivity index (χ3n) is 4.20. The summed E-state index contributed by atoms with van der Waals surface area (Å²) >= 11 is 0. The van der Waals surface area contributed by atoms with E-state index in [1.165, 1.54) is 29.5 Å². The molecule has 0 fully saturated rings. The molecule has 24 heavy (non-hydrogen) atoms. The number of pyridine rings is 1. The molecule has 1 N–H and O–H groups in total. The van der Waals surface area contributed by atoms with Crippen LogP contribution in [0.4, 0.5) is 0 Å².